The zero-order valence-corrected chi connectivity index (χ0v) is 9.68. The van der Waals surface area contributed by atoms with Crippen molar-refractivity contribution in [1.29, 1.82) is 0 Å². The lowest BCUT2D eigenvalue weighted by Gasteiger charge is -2.09. The Bertz CT molecular complexity index is 501. The standard InChI is InChI=1S/C11H15N5/c1-7(2)11-14-9(12)6-10(15-11)16-5-4-13-8(16)3/h4-7H,1-3H3,(H2,12,14,15). The Morgan fingerprint density at radius 2 is 2.06 bits per heavy atom. The fourth-order valence-electron chi connectivity index (χ4n) is 1.47. The summed E-state index contributed by atoms with van der Waals surface area (Å²) in [5, 5.41) is 0. The maximum atomic E-state index is 5.77. The Kier molecular flexibility index (Phi) is 2.60. The number of imidazole rings is 1. The molecule has 0 atom stereocenters. The van der Waals surface area contributed by atoms with E-state index in [0.29, 0.717) is 5.82 Å². The van der Waals surface area contributed by atoms with Crippen LogP contribution in [0.1, 0.15) is 31.4 Å². The summed E-state index contributed by atoms with van der Waals surface area (Å²) in [6.45, 7) is 6.01. The van der Waals surface area contributed by atoms with Gasteiger partial charge in [0.2, 0.25) is 0 Å². The molecule has 0 aliphatic heterocycles. The summed E-state index contributed by atoms with van der Waals surface area (Å²) in [6.07, 6.45) is 3.60. The van der Waals surface area contributed by atoms with Crippen LogP contribution in [0, 0.1) is 6.92 Å². The first-order valence-electron chi connectivity index (χ1n) is 5.22. The van der Waals surface area contributed by atoms with E-state index in [0.717, 1.165) is 17.5 Å². The Morgan fingerprint density at radius 1 is 1.31 bits per heavy atom. The average molecular weight is 217 g/mol. The molecule has 5 nitrogen and oxygen atoms in total. The van der Waals surface area contributed by atoms with Gasteiger partial charge >= 0.3 is 0 Å². The van der Waals surface area contributed by atoms with Crippen molar-refractivity contribution < 1.29 is 0 Å². The van der Waals surface area contributed by atoms with Crippen LogP contribution in [0.4, 0.5) is 5.82 Å². The van der Waals surface area contributed by atoms with Gasteiger partial charge in [0, 0.05) is 24.4 Å². The molecular weight excluding hydrogens is 202 g/mol. The number of anilines is 1. The summed E-state index contributed by atoms with van der Waals surface area (Å²) < 4.78 is 1.89. The van der Waals surface area contributed by atoms with E-state index in [1.807, 2.05) is 31.5 Å². The molecule has 2 aromatic heterocycles. The first-order valence-corrected chi connectivity index (χ1v) is 5.22. The summed E-state index contributed by atoms with van der Waals surface area (Å²) in [7, 11) is 0. The highest BCUT2D eigenvalue weighted by Crippen LogP contribution is 2.15. The number of nitrogens with zero attached hydrogens (tertiary/aromatic N) is 4. The minimum Gasteiger partial charge on any atom is -0.384 e. The van der Waals surface area contributed by atoms with Gasteiger partial charge in [-0.05, 0) is 6.92 Å². The number of aromatic nitrogens is 4. The van der Waals surface area contributed by atoms with Gasteiger partial charge in [0.05, 0.1) is 0 Å². The van der Waals surface area contributed by atoms with Gasteiger partial charge in [-0.3, -0.25) is 4.57 Å². The topological polar surface area (TPSA) is 69.6 Å². The Balaban J connectivity index is 2.54. The van der Waals surface area contributed by atoms with Gasteiger partial charge in [0.15, 0.2) is 0 Å². The second kappa shape index (κ2) is 3.92. The van der Waals surface area contributed by atoms with Gasteiger partial charge in [0.25, 0.3) is 0 Å². The molecule has 2 rings (SSSR count). The summed E-state index contributed by atoms with van der Waals surface area (Å²) in [5.74, 6) is 3.15. The van der Waals surface area contributed by atoms with Crippen molar-refractivity contribution in [2.45, 2.75) is 26.7 Å². The highest BCUT2D eigenvalue weighted by atomic mass is 15.1. The highest BCUT2D eigenvalue weighted by Gasteiger charge is 2.08. The van der Waals surface area contributed by atoms with E-state index in [4.69, 9.17) is 5.73 Å². The molecule has 84 valence electrons. The molecular formula is C11H15N5. The second-order valence-corrected chi connectivity index (χ2v) is 4.01. The third kappa shape index (κ3) is 1.88. The molecule has 0 aliphatic carbocycles. The summed E-state index contributed by atoms with van der Waals surface area (Å²) >= 11 is 0. The van der Waals surface area contributed by atoms with Crippen LogP contribution >= 0.6 is 0 Å². The molecule has 2 aromatic rings. The molecule has 0 fully saturated rings. The van der Waals surface area contributed by atoms with Crippen LogP contribution in [0.25, 0.3) is 5.82 Å². The van der Waals surface area contributed by atoms with Crippen LogP contribution in [-0.2, 0) is 0 Å². The summed E-state index contributed by atoms with van der Waals surface area (Å²) in [6, 6.07) is 1.75. The SMILES string of the molecule is Cc1nccn1-c1cc(N)nc(C(C)C)n1. The molecule has 0 aromatic carbocycles. The number of nitrogen functional groups attached to an aromatic ring is 1. The largest absolute Gasteiger partial charge is 0.384 e. The Morgan fingerprint density at radius 3 is 2.62 bits per heavy atom. The van der Waals surface area contributed by atoms with Crippen LogP contribution < -0.4 is 5.73 Å². The van der Waals surface area contributed by atoms with Crippen molar-refractivity contribution in [3.05, 3.63) is 30.1 Å². The lowest BCUT2D eigenvalue weighted by molar-refractivity contribution is 0.761. The normalized spacial score (nSPS) is 11.0. The van der Waals surface area contributed by atoms with Crippen molar-refractivity contribution in [2.24, 2.45) is 0 Å². The maximum absolute atomic E-state index is 5.77. The molecule has 0 unspecified atom stereocenters. The van der Waals surface area contributed by atoms with Gasteiger partial charge < -0.3 is 5.73 Å². The predicted octanol–water partition coefficient (Wildman–Crippen LogP) is 1.68. The molecule has 0 radical (unpaired) electrons. The number of hydrogen-bond acceptors (Lipinski definition) is 4. The van der Waals surface area contributed by atoms with Gasteiger partial charge in [-0.15, -0.1) is 0 Å². The fraction of sp³-hybridized carbons (Fsp3) is 0.364. The van der Waals surface area contributed by atoms with E-state index in [1.165, 1.54) is 0 Å². The minimum atomic E-state index is 0.256. The van der Waals surface area contributed by atoms with Crippen LogP contribution in [0.3, 0.4) is 0 Å². The maximum Gasteiger partial charge on any atom is 0.143 e. The van der Waals surface area contributed by atoms with Gasteiger partial charge in [-0.2, -0.15) is 0 Å². The Hall–Kier alpha value is -1.91. The van der Waals surface area contributed by atoms with Crippen LogP contribution in [0.15, 0.2) is 18.5 Å². The molecule has 0 bridgehead atoms. The minimum absolute atomic E-state index is 0.256. The van der Waals surface area contributed by atoms with E-state index in [9.17, 15) is 0 Å². The smallest absolute Gasteiger partial charge is 0.143 e. The molecule has 2 heterocycles. The van der Waals surface area contributed by atoms with Gasteiger partial charge in [0.1, 0.15) is 23.3 Å². The van der Waals surface area contributed by atoms with Gasteiger partial charge in [-0.25, -0.2) is 15.0 Å². The average Bonchev–Trinajstić information content (AvgIpc) is 2.63. The zero-order valence-electron chi connectivity index (χ0n) is 9.68. The van der Waals surface area contributed by atoms with Crippen LogP contribution in [0.5, 0.6) is 0 Å². The highest BCUT2D eigenvalue weighted by molar-refractivity contribution is 5.38. The van der Waals surface area contributed by atoms with Gasteiger partial charge in [-0.1, -0.05) is 13.8 Å². The quantitative estimate of drug-likeness (QED) is 0.830. The van der Waals surface area contributed by atoms with Crippen molar-refractivity contribution in [1.82, 2.24) is 19.5 Å². The summed E-state index contributed by atoms with van der Waals surface area (Å²) in [4.78, 5) is 12.8. The zero-order chi connectivity index (χ0) is 11.7. The van der Waals surface area contributed by atoms with Crippen molar-refractivity contribution >= 4 is 5.82 Å². The molecule has 0 spiro atoms. The first-order chi connectivity index (χ1) is 7.58. The lowest BCUT2D eigenvalue weighted by atomic mass is 10.2. The monoisotopic (exact) mass is 217 g/mol. The van der Waals surface area contributed by atoms with E-state index < -0.39 is 0 Å². The predicted molar refractivity (Wildman–Crippen MR) is 62.4 cm³/mol. The van der Waals surface area contributed by atoms with Crippen LogP contribution in [0.2, 0.25) is 0 Å². The molecule has 0 amide bonds. The summed E-state index contributed by atoms with van der Waals surface area (Å²) in [5.41, 5.74) is 5.77. The molecule has 0 saturated carbocycles. The lowest BCUT2D eigenvalue weighted by Crippen LogP contribution is -2.07. The van der Waals surface area contributed by atoms with E-state index in [-0.39, 0.29) is 5.92 Å². The van der Waals surface area contributed by atoms with E-state index in [1.54, 1.807) is 12.3 Å². The number of aryl methyl sites for hydroxylation is 1. The molecule has 2 N–H and O–H groups in total. The van der Waals surface area contributed by atoms with Crippen molar-refractivity contribution in [3.63, 3.8) is 0 Å². The number of nitrogens with two attached hydrogens (primary N) is 1. The van der Waals surface area contributed by atoms with E-state index in [2.05, 4.69) is 15.0 Å². The molecule has 0 saturated heterocycles. The van der Waals surface area contributed by atoms with Crippen molar-refractivity contribution in [3.8, 4) is 5.82 Å². The second-order valence-electron chi connectivity index (χ2n) is 4.01. The van der Waals surface area contributed by atoms with Crippen LogP contribution in [-0.4, -0.2) is 19.5 Å². The number of rotatable bonds is 2. The molecule has 5 heteroatoms. The van der Waals surface area contributed by atoms with Crippen molar-refractivity contribution in [2.75, 3.05) is 5.73 Å². The third-order valence-corrected chi connectivity index (χ3v) is 2.34. The molecule has 16 heavy (non-hydrogen) atoms. The van der Waals surface area contributed by atoms with E-state index >= 15 is 0 Å². The Labute approximate surface area is 94.4 Å². The fourth-order valence-corrected chi connectivity index (χ4v) is 1.47. The first kappa shape index (κ1) is 10.6. The molecule has 0 aliphatic rings. The number of hydrogen-bond donors (Lipinski definition) is 1. The third-order valence-electron chi connectivity index (χ3n) is 2.34.